The van der Waals surface area contributed by atoms with Crippen molar-refractivity contribution in [3.63, 3.8) is 0 Å². The standard InChI is InChI=1S/C8H16N2O2/c1-3-5-6-9-10-7-8(11)12-4-2/h7,9H,3-6H2,1-2H3. The van der Waals surface area contributed by atoms with Crippen molar-refractivity contribution in [3.8, 4) is 0 Å². The lowest BCUT2D eigenvalue weighted by Crippen LogP contribution is -2.11. The molecule has 70 valence electrons. The number of carbonyl (C=O) groups is 1. The molecule has 0 bridgehead atoms. The van der Waals surface area contributed by atoms with Crippen LogP contribution in [-0.4, -0.2) is 25.3 Å². The van der Waals surface area contributed by atoms with Gasteiger partial charge in [-0.05, 0) is 13.3 Å². The van der Waals surface area contributed by atoms with E-state index >= 15 is 0 Å². The molecule has 0 aliphatic rings. The highest BCUT2D eigenvalue weighted by atomic mass is 16.5. The van der Waals surface area contributed by atoms with Gasteiger partial charge in [0, 0.05) is 6.54 Å². The van der Waals surface area contributed by atoms with Crippen LogP contribution in [0.25, 0.3) is 0 Å². The van der Waals surface area contributed by atoms with Crippen LogP contribution in [0.2, 0.25) is 0 Å². The Kier molecular flexibility index (Phi) is 7.33. The van der Waals surface area contributed by atoms with Crippen LogP contribution >= 0.6 is 0 Å². The second kappa shape index (κ2) is 8.04. The summed E-state index contributed by atoms with van der Waals surface area (Å²) in [4.78, 5) is 10.7. The molecule has 12 heavy (non-hydrogen) atoms. The average Bonchev–Trinajstić information content (AvgIpc) is 2.05. The Balaban J connectivity index is 3.29. The first-order valence-electron chi connectivity index (χ1n) is 4.24. The van der Waals surface area contributed by atoms with Crippen molar-refractivity contribution in [1.29, 1.82) is 0 Å². The first kappa shape index (κ1) is 10.9. The minimum Gasteiger partial charge on any atom is -0.462 e. The summed E-state index contributed by atoms with van der Waals surface area (Å²) in [6.45, 7) is 5.04. The fourth-order valence-electron chi connectivity index (χ4n) is 0.598. The Morgan fingerprint density at radius 1 is 1.58 bits per heavy atom. The van der Waals surface area contributed by atoms with Gasteiger partial charge in [-0.15, -0.1) is 0 Å². The zero-order valence-corrected chi connectivity index (χ0v) is 7.67. The van der Waals surface area contributed by atoms with Crippen molar-refractivity contribution in [2.45, 2.75) is 26.7 Å². The Labute approximate surface area is 73.0 Å². The second-order valence-electron chi connectivity index (χ2n) is 2.27. The number of rotatable bonds is 6. The van der Waals surface area contributed by atoms with Gasteiger partial charge in [0.15, 0.2) is 0 Å². The lowest BCUT2D eigenvalue weighted by Gasteiger charge is -1.96. The third-order valence-corrected chi connectivity index (χ3v) is 1.19. The van der Waals surface area contributed by atoms with Gasteiger partial charge in [-0.3, -0.25) is 0 Å². The lowest BCUT2D eigenvalue weighted by molar-refractivity contribution is -0.134. The molecular weight excluding hydrogens is 156 g/mol. The summed E-state index contributed by atoms with van der Waals surface area (Å²) in [5.74, 6) is -0.401. The summed E-state index contributed by atoms with van der Waals surface area (Å²) >= 11 is 0. The highest BCUT2D eigenvalue weighted by Crippen LogP contribution is 1.81. The number of esters is 1. The van der Waals surface area contributed by atoms with Crippen molar-refractivity contribution >= 4 is 12.2 Å². The highest BCUT2D eigenvalue weighted by molar-refractivity contribution is 6.23. The fourth-order valence-corrected chi connectivity index (χ4v) is 0.598. The topological polar surface area (TPSA) is 50.7 Å². The van der Waals surface area contributed by atoms with Crippen LogP contribution in [-0.2, 0) is 9.53 Å². The zero-order chi connectivity index (χ0) is 9.23. The SMILES string of the molecule is CCCCNN=CC(=O)OCC. The van der Waals surface area contributed by atoms with Gasteiger partial charge in [0.25, 0.3) is 0 Å². The Morgan fingerprint density at radius 3 is 2.92 bits per heavy atom. The van der Waals surface area contributed by atoms with E-state index in [1.807, 2.05) is 0 Å². The van der Waals surface area contributed by atoms with Gasteiger partial charge < -0.3 is 10.2 Å². The predicted octanol–water partition coefficient (Wildman–Crippen LogP) is 0.925. The van der Waals surface area contributed by atoms with Crippen molar-refractivity contribution in [1.82, 2.24) is 5.43 Å². The van der Waals surface area contributed by atoms with Gasteiger partial charge in [-0.1, -0.05) is 13.3 Å². The predicted molar refractivity (Wildman–Crippen MR) is 48.0 cm³/mol. The molecule has 0 aliphatic carbocycles. The van der Waals surface area contributed by atoms with Crippen LogP contribution in [0, 0.1) is 0 Å². The first-order valence-corrected chi connectivity index (χ1v) is 4.24. The molecule has 0 unspecified atom stereocenters. The lowest BCUT2D eigenvalue weighted by atomic mass is 10.3. The molecule has 0 aromatic heterocycles. The molecule has 0 saturated heterocycles. The molecule has 4 nitrogen and oxygen atoms in total. The largest absolute Gasteiger partial charge is 0.462 e. The molecule has 0 atom stereocenters. The molecule has 0 spiro atoms. The van der Waals surface area contributed by atoms with Crippen molar-refractivity contribution in [3.05, 3.63) is 0 Å². The summed E-state index contributed by atoms with van der Waals surface area (Å²) in [5.41, 5.74) is 2.74. The van der Waals surface area contributed by atoms with E-state index in [-0.39, 0.29) is 0 Å². The van der Waals surface area contributed by atoms with E-state index in [9.17, 15) is 4.79 Å². The molecule has 0 rings (SSSR count). The molecule has 0 saturated carbocycles. The van der Waals surface area contributed by atoms with Gasteiger partial charge in [0.2, 0.25) is 0 Å². The maximum absolute atomic E-state index is 10.7. The van der Waals surface area contributed by atoms with E-state index in [1.165, 1.54) is 0 Å². The van der Waals surface area contributed by atoms with Gasteiger partial charge in [0.05, 0.1) is 6.61 Å². The molecule has 0 fully saturated rings. The Hall–Kier alpha value is -1.06. The average molecular weight is 172 g/mol. The maximum atomic E-state index is 10.7. The van der Waals surface area contributed by atoms with Crippen LogP contribution in [0.1, 0.15) is 26.7 Å². The van der Waals surface area contributed by atoms with Crippen LogP contribution in [0.4, 0.5) is 0 Å². The summed E-state index contributed by atoms with van der Waals surface area (Å²) in [6.07, 6.45) is 3.32. The molecule has 0 heterocycles. The minimum atomic E-state index is -0.401. The maximum Gasteiger partial charge on any atom is 0.351 e. The third kappa shape index (κ3) is 7.05. The fraction of sp³-hybridized carbons (Fsp3) is 0.750. The molecule has 0 amide bonds. The van der Waals surface area contributed by atoms with E-state index in [4.69, 9.17) is 0 Å². The quantitative estimate of drug-likeness (QED) is 0.280. The number of nitrogens with zero attached hydrogens (tertiary/aromatic N) is 1. The van der Waals surface area contributed by atoms with E-state index in [0.29, 0.717) is 6.61 Å². The van der Waals surface area contributed by atoms with Crippen LogP contribution < -0.4 is 5.43 Å². The summed E-state index contributed by atoms with van der Waals surface area (Å²) in [5, 5.41) is 3.68. The second-order valence-corrected chi connectivity index (χ2v) is 2.27. The Morgan fingerprint density at radius 2 is 2.33 bits per heavy atom. The molecule has 1 N–H and O–H groups in total. The van der Waals surface area contributed by atoms with Crippen LogP contribution in [0.5, 0.6) is 0 Å². The number of hydrogen-bond acceptors (Lipinski definition) is 4. The van der Waals surface area contributed by atoms with Gasteiger partial charge in [-0.25, -0.2) is 4.79 Å². The van der Waals surface area contributed by atoms with E-state index in [0.717, 1.165) is 25.6 Å². The zero-order valence-electron chi connectivity index (χ0n) is 7.67. The number of carbonyl (C=O) groups excluding carboxylic acids is 1. The number of nitrogens with one attached hydrogen (secondary N) is 1. The summed E-state index contributed by atoms with van der Waals surface area (Å²) in [6, 6.07) is 0. The van der Waals surface area contributed by atoms with Gasteiger partial charge in [0.1, 0.15) is 6.21 Å². The number of hydrogen-bond donors (Lipinski definition) is 1. The highest BCUT2D eigenvalue weighted by Gasteiger charge is 1.92. The number of ether oxygens (including phenoxy) is 1. The van der Waals surface area contributed by atoms with E-state index in [1.54, 1.807) is 6.92 Å². The summed E-state index contributed by atoms with van der Waals surface area (Å²) < 4.78 is 4.62. The monoisotopic (exact) mass is 172 g/mol. The first-order chi connectivity index (χ1) is 5.81. The normalized spacial score (nSPS) is 10.2. The molecule has 0 aliphatic heterocycles. The van der Waals surface area contributed by atoms with E-state index < -0.39 is 5.97 Å². The number of hydrazone groups is 1. The molecule has 0 aromatic rings. The summed E-state index contributed by atoms with van der Waals surface area (Å²) in [7, 11) is 0. The molecule has 4 heteroatoms. The molecular formula is C8H16N2O2. The van der Waals surface area contributed by atoms with Crippen LogP contribution in [0.15, 0.2) is 5.10 Å². The van der Waals surface area contributed by atoms with Gasteiger partial charge in [-0.2, -0.15) is 5.10 Å². The Bertz CT molecular complexity index is 146. The van der Waals surface area contributed by atoms with E-state index in [2.05, 4.69) is 22.2 Å². The van der Waals surface area contributed by atoms with Crippen molar-refractivity contribution in [2.24, 2.45) is 5.10 Å². The number of unbranched alkanes of at least 4 members (excludes halogenated alkanes) is 1. The molecule has 0 radical (unpaired) electrons. The third-order valence-electron chi connectivity index (χ3n) is 1.19. The minimum absolute atomic E-state index is 0.389. The van der Waals surface area contributed by atoms with Crippen molar-refractivity contribution < 1.29 is 9.53 Å². The molecule has 0 aromatic carbocycles. The van der Waals surface area contributed by atoms with Crippen LogP contribution in [0.3, 0.4) is 0 Å². The van der Waals surface area contributed by atoms with Gasteiger partial charge >= 0.3 is 5.97 Å². The smallest absolute Gasteiger partial charge is 0.351 e. The van der Waals surface area contributed by atoms with Crippen molar-refractivity contribution in [2.75, 3.05) is 13.2 Å².